The average molecular weight is 306 g/mol. The third-order valence-corrected chi connectivity index (χ3v) is 3.18. The van der Waals surface area contributed by atoms with Crippen LogP contribution in [0.4, 0.5) is 19.0 Å². The molecule has 0 aliphatic heterocycles. The topological polar surface area (TPSA) is 75.3 Å². The second-order valence-corrected chi connectivity index (χ2v) is 4.60. The maximum absolute atomic E-state index is 12.7. The summed E-state index contributed by atoms with van der Waals surface area (Å²) in [5.74, 6) is 0.109. The summed E-state index contributed by atoms with van der Waals surface area (Å²) in [6.45, 7) is 2.13. The van der Waals surface area contributed by atoms with E-state index in [9.17, 15) is 13.2 Å². The Kier molecular flexibility index (Phi) is 6.35. The van der Waals surface area contributed by atoms with Gasteiger partial charge in [-0.25, -0.2) is 0 Å². The second-order valence-electron chi connectivity index (χ2n) is 4.60. The van der Waals surface area contributed by atoms with Crippen molar-refractivity contribution in [2.24, 2.45) is 5.73 Å². The van der Waals surface area contributed by atoms with Crippen LogP contribution in [0, 0.1) is 0 Å². The Balaban J connectivity index is 3.30. The van der Waals surface area contributed by atoms with E-state index in [0.717, 1.165) is 16.2 Å². The molecular formula is C13H21F3N4O. The molecule has 0 saturated carbocycles. The van der Waals surface area contributed by atoms with Crippen LogP contribution in [0.3, 0.4) is 0 Å². The van der Waals surface area contributed by atoms with E-state index in [1.54, 1.807) is 0 Å². The molecule has 0 aliphatic rings. The van der Waals surface area contributed by atoms with Gasteiger partial charge in [-0.15, -0.1) is 5.10 Å². The molecule has 1 aromatic rings. The quantitative estimate of drug-likeness (QED) is 0.797. The number of alkyl halides is 3. The third kappa shape index (κ3) is 4.53. The van der Waals surface area contributed by atoms with Crippen LogP contribution >= 0.6 is 0 Å². The molecule has 3 N–H and O–H groups in total. The first-order chi connectivity index (χ1) is 9.87. The number of aromatic nitrogens is 2. The molecule has 0 amide bonds. The molecule has 21 heavy (non-hydrogen) atoms. The van der Waals surface area contributed by atoms with Gasteiger partial charge in [0.15, 0.2) is 5.82 Å². The molecule has 1 rings (SSSR count). The van der Waals surface area contributed by atoms with Gasteiger partial charge in [0.1, 0.15) is 6.54 Å². The fourth-order valence-electron chi connectivity index (χ4n) is 2.30. The molecule has 0 fully saturated rings. The second kappa shape index (κ2) is 7.56. The zero-order valence-electron chi connectivity index (χ0n) is 12.2. The van der Waals surface area contributed by atoms with Crippen molar-refractivity contribution in [2.45, 2.75) is 39.4 Å². The summed E-state index contributed by atoms with van der Waals surface area (Å²) in [5.41, 5.74) is 7.87. The summed E-state index contributed by atoms with van der Waals surface area (Å²) < 4.78 is 38.0. The molecular weight excluding hydrogens is 285 g/mol. The number of anilines is 1. The van der Waals surface area contributed by atoms with Crippen molar-refractivity contribution >= 4 is 5.82 Å². The van der Waals surface area contributed by atoms with Gasteiger partial charge in [-0.3, -0.25) is 0 Å². The number of rotatable bonds is 7. The molecule has 0 bridgehead atoms. The zero-order valence-corrected chi connectivity index (χ0v) is 12.2. The Morgan fingerprint density at radius 1 is 1.14 bits per heavy atom. The number of hydrogen-bond donors (Lipinski definition) is 2. The molecule has 8 heteroatoms. The molecule has 0 radical (unpaired) electrons. The van der Waals surface area contributed by atoms with Gasteiger partial charge >= 0.3 is 6.18 Å². The molecule has 0 unspecified atom stereocenters. The highest BCUT2D eigenvalue weighted by Gasteiger charge is 2.32. The Morgan fingerprint density at radius 3 is 2.24 bits per heavy atom. The smallest absolute Gasteiger partial charge is 0.395 e. The number of aliphatic hydroxyl groups is 1. The molecule has 0 spiro atoms. The van der Waals surface area contributed by atoms with Gasteiger partial charge in [0.05, 0.1) is 12.3 Å². The summed E-state index contributed by atoms with van der Waals surface area (Å²) in [4.78, 5) is 0.980. The first-order valence-corrected chi connectivity index (χ1v) is 6.87. The highest BCUT2D eigenvalue weighted by atomic mass is 19.4. The van der Waals surface area contributed by atoms with Crippen LogP contribution in [0.5, 0.6) is 0 Å². The van der Waals surface area contributed by atoms with E-state index in [4.69, 9.17) is 10.8 Å². The van der Waals surface area contributed by atoms with Crippen molar-refractivity contribution in [3.63, 3.8) is 0 Å². The van der Waals surface area contributed by atoms with Crippen molar-refractivity contribution < 1.29 is 18.3 Å². The minimum Gasteiger partial charge on any atom is -0.395 e. The van der Waals surface area contributed by atoms with E-state index in [-0.39, 0.29) is 18.9 Å². The fourth-order valence-corrected chi connectivity index (χ4v) is 2.30. The van der Waals surface area contributed by atoms with Gasteiger partial charge in [0.2, 0.25) is 0 Å². The van der Waals surface area contributed by atoms with Crippen LogP contribution in [0.1, 0.15) is 30.7 Å². The minimum absolute atomic E-state index is 0.0841. The molecule has 0 saturated heterocycles. The lowest BCUT2D eigenvalue weighted by molar-refractivity contribution is -0.120. The molecule has 120 valence electrons. The Bertz CT molecular complexity index is 465. The molecule has 1 aromatic heterocycles. The average Bonchev–Trinajstić information content (AvgIpc) is 2.43. The lowest BCUT2D eigenvalue weighted by Gasteiger charge is -2.27. The number of hydrogen-bond acceptors (Lipinski definition) is 5. The molecule has 1 heterocycles. The van der Waals surface area contributed by atoms with Crippen molar-refractivity contribution in [1.82, 2.24) is 10.2 Å². The van der Waals surface area contributed by atoms with Crippen LogP contribution in [0.15, 0.2) is 0 Å². The SMILES string of the molecule is CCc1nnc(N(CCO)CC(F)(F)F)c(CN)c1CC. The zero-order chi connectivity index (χ0) is 16.0. The predicted octanol–water partition coefficient (Wildman–Crippen LogP) is 1.42. The van der Waals surface area contributed by atoms with Gasteiger partial charge < -0.3 is 15.7 Å². The van der Waals surface area contributed by atoms with Gasteiger partial charge in [-0.2, -0.15) is 18.3 Å². The Morgan fingerprint density at radius 2 is 1.81 bits per heavy atom. The molecule has 0 aliphatic carbocycles. The largest absolute Gasteiger partial charge is 0.405 e. The summed E-state index contributed by atoms with van der Waals surface area (Å²) >= 11 is 0. The third-order valence-electron chi connectivity index (χ3n) is 3.18. The van der Waals surface area contributed by atoms with E-state index in [1.165, 1.54) is 0 Å². The van der Waals surface area contributed by atoms with E-state index >= 15 is 0 Å². The summed E-state index contributed by atoms with van der Waals surface area (Å²) in [7, 11) is 0. The van der Waals surface area contributed by atoms with Crippen LogP contribution in [-0.2, 0) is 19.4 Å². The van der Waals surface area contributed by atoms with Gasteiger partial charge in [0.25, 0.3) is 0 Å². The van der Waals surface area contributed by atoms with Crippen LogP contribution in [-0.4, -0.2) is 41.2 Å². The summed E-state index contributed by atoms with van der Waals surface area (Å²) in [5, 5.41) is 16.9. The van der Waals surface area contributed by atoms with Gasteiger partial charge in [-0.1, -0.05) is 13.8 Å². The van der Waals surface area contributed by atoms with Crippen molar-refractivity contribution in [1.29, 1.82) is 0 Å². The van der Waals surface area contributed by atoms with Crippen molar-refractivity contribution in [3.05, 3.63) is 16.8 Å². The van der Waals surface area contributed by atoms with Gasteiger partial charge in [-0.05, 0) is 18.4 Å². The number of aliphatic hydroxyl groups excluding tert-OH is 1. The van der Waals surface area contributed by atoms with Crippen LogP contribution in [0.25, 0.3) is 0 Å². The first-order valence-electron chi connectivity index (χ1n) is 6.87. The fraction of sp³-hybridized carbons (Fsp3) is 0.692. The highest BCUT2D eigenvalue weighted by Crippen LogP contribution is 2.26. The maximum Gasteiger partial charge on any atom is 0.405 e. The molecule has 0 aromatic carbocycles. The predicted molar refractivity (Wildman–Crippen MR) is 74.0 cm³/mol. The Hall–Kier alpha value is -1.41. The summed E-state index contributed by atoms with van der Waals surface area (Å²) in [6, 6.07) is 0. The highest BCUT2D eigenvalue weighted by molar-refractivity contribution is 5.51. The monoisotopic (exact) mass is 306 g/mol. The minimum atomic E-state index is -4.39. The number of aryl methyl sites for hydroxylation is 1. The first kappa shape index (κ1) is 17.6. The Labute approximate surface area is 122 Å². The lowest BCUT2D eigenvalue weighted by Crippen LogP contribution is -2.38. The van der Waals surface area contributed by atoms with Gasteiger partial charge in [0, 0.05) is 18.7 Å². The van der Waals surface area contributed by atoms with E-state index in [2.05, 4.69) is 10.2 Å². The van der Waals surface area contributed by atoms with E-state index in [1.807, 2.05) is 13.8 Å². The number of halogens is 3. The normalized spacial score (nSPS) is 11.8. The van der Waals surface area contributed by atoms with Crippen molar-refractivity contribution in [2.75, 3.05) is 24.6 Å². The van der Waals surface area contributed by atoms with Crippen LogP contribution in [0.2, 0.25) is 0 Å². The van der Waals surface area contributed by atoms with Crippen LogP contribution < -0.4 is 10.6 Å². The van der Waals surface area contributed by atoms with E-state index < -0.39 is 19.3 Å². The molecule has 0 atom stereocenters. The maximum atomic E-state index is 12.7. The number of nitrogens with zero attached hydrogens (tertiary/aromatic N) is 3. The molecule has 5 nitrogen and oxygen atoms in total. The summed E-state index contributed by atoms with van der Waals surface area (Å²) in [6.07, 6.45) is -3.13. The van der Waals surface area contributed by atoms with Crippen molar-refractivity contribution in [3.8, 4) is 0 Å². The van der Waals surface area contributed by atoms with E-state index in [0.29, 0.717) is 18.4 Å². The lowest BCUT2D eigenvalue weighted by atomic mass is 10.0. The number of nitrogens with two attached hydrogens (primary N) is 1. The standard InChI is InChI=1S/C13H21F3N4O/c1-3-9-10(7-17)12(19-18-11(9)4-2)20(5-6-21)8-13(14,15)16/h21H,3-8,17H2,1-2H3.